The van der Waals surface area contributed by atoms with Gasteiger partial charge in [-0.25, -0.2) is 13.6 Å². The van der Waals surface area contributed by atoms with Gasteiger partial charge in [0.25, 0.3) is 5.91 Å². The second kappa shape index (κ2) is 7.17. The molecule has 0 aliphatic carbocycles. The van der Waals surface area contributed by atoms with Crippen molar-refractivity contribution in [2.45, 2.75) is 24.8 Å². The number of primary sulfonamides is 1. The van der Waals surface area contributed by atoms with E-state index in [-0.39, 0.29) is 16.3 Å². The highest BCUT2D eigenvalue weighted by Crippen LogP contribution is 2.41. The zero-order valence-corrected chi connectivity index (χ0v) is 16.1. The Labute approximate surface area is 162 Å². The van der Waals surface area contributed by atoms with Crippen LogP contribution in [0.25, 0.3) is 0 Å². The summed E-state index contributed by atoms with van der Waals surface area (Å²) in [5.41, 5.74) is 0.840. The van der Waals surface area contributed by atoms with Gasteiger partial charge in [-0.15, -0.1) is 0 Å². The predicted octanol–water partition coefficient (Wildman–Crippen LogP) is 1.85. The van der Waals surface area contributed by atoms with Crippen molar-refractivity contribution in [2.75, 3.05) is 4.90 Å². The van der Waals surface area contributed by atoms with Crippen LogP contribution in [0.15, 0.2) is 65.0 Å². The maximum absolute atomic E-state index is 12.8. The molecule has 0 fully saturated rings. The molecule has 0 spiro atoms. The smallest absolute Gasteiger partial charge is 0.294 e. The van der Waals surface area contributed by atoms with Crippen LogP contribution in [0, 0.1) is 5.92 Å². The summed E-state index contributed by atoms with van der Waals surface area (Å²) in [6, 6.07) is 7.80. The van der Waals surface area contributed by atoms with E-state index in [1.165, 1.54) is 35.4 Å². The highest BCUT2D eigenvalue weighted by atomic mass is 32.2. The number of Topliss-reactive ketones (excluding diaryl/α,β-unsaturated/α-hetero) is 1. The number of ketones is 1. The van der Waals surface area contributed by atoms with Crippen molar-refractivity contribution < 1.29 is 23.1 Å². The number of nitrogens with zero attached hydrogens (tertiary/aromatic N) is 2. The van der Waals surface area contributed by atoms with E-state index in [1.54, 1.807) is 32.2 Å². The number of amides is 1. The van der Waals surface area contributed by atoms with Crippen LogP contribution < -0.4 is 10.0 Å². The Hall–Kier alpha value is -3.04. The molecule has 1 unspecified atom stereocenters. The lowest BCUT2D eigenvalue weighted by molar-refractivity contribution is -0.119. The zero-order valence-electron chi connectivity index (χ0n) is 15.2. The lowest BCUT2D eigenvalue weighted by Crippen LogP contribution is -2.31. The van der Waals surface area contributed by atoms with Gasteiger partial charge in [0.1, 0.15) is 0 Å². The molecule has 8 nitrogen and oxygen atoms in total. The maximum atomic E-state index is 12.8. The third kappa shape index (κ3) is 3.41. The van der Waals surface area contributed by atoms with Gasteiger partial charge >= 0.3 is 0 Å². The fraction of sp³-hybridized carbons (Fsp3) is 0.211. The minimum absolute atomic E-state index is 0.0106. The average molecular weight is 401 g/mol. The molecule has 1 aromatic heterocycles. The summed E-state index contributed by atoms with van der Waals surface area (Å²) in [4.78, 5) is 30.7. The molecule has 3 N–H and O–H groups in total. The Kier molecular flexibility index (Phi) is 5.05. The summed E-state index contributed by atoms with van der Waals surface area (Å²) >= 11 is 0. The number of aromatic nitrogens is 1. The van der Waals surface area contributed by atoms with Gasteiger partial charge in [0.05, 0.1) is 16.5 Å². The van der Waals surface area contributed by atoms with Gasteiger partial charge in [0.15, 0.2) is 11.5 Å². The van der Waals surface area contributed by atoms with E-state index in [1.807, 2.05) is 0 Å². The minimum atomic E-state index is -3.90. The van der Waals surface area contributed by atoms with Crippen LogP contribution >= 0.6 is 0 Å². The molecule has 1 atom stereocenters. The van der Waals surface area contributed by atoms with Gasteiger partial charge in [0.2, 0.25) is 10.0 Å². The molecule has 0 bridgehead atoms. The van der Waals surface area contributed by atoms with Crippen molar-refractivity contribution in [3.05, 3.63) is 65.7 Å². The first-order valence-electron chi connectivity index (χ1n) is 8.46. The Balaban J connectivity index is 2.15. The van der Waals surface area contributed by atoms with Crippen LogP contribution in [-0.4, -0.2) is 30.2 Å². The molecule has 2 aromatic rings. The molecule has 2 heterocycles. The summed E-state index contributed by atoms with van der Waals surface area (Å²) in [5.74, 6) is -2.17. The molecule has 0 radical (unpaired) electrons. The number of pyridine rings is 1. The summed E-state index contributed by atoms with van der Waals surface area (Å²) in [6.45, 7) is 3.36. The van der Waals surface area contributed by atoms with E-state index in [4.69, 9.17) is 5.14 Å². The third-order valence-corrected chi connectivity index (χ3v) is 5.37. The number of rotatable bonds is 5. The second-order valence-electron chi connectivity index (χ2n) is 6.68. The number of carbonyl (C=O) groups is 2. The van der Waals surface area contributed by atoms with Crippen LogP contribution in [0.4, 0.5) is 5.69 Å². The monoisotopic (exact) mass is 401 g/mol. The van der Waals surface area contributed by atoms with Gasteiger partial charge in [0, 0.05) is 24.0 Å². The Morgan fingerprint density at radius 2 is 1.86 bits per heavy atom. The number of anilines is 1. The molecule has 1 aliphatic rings. The number of carbonyl (C=O) groups excluding carboxylic acids is 2. The van der Waals surface area contributed by atoms with Crippen LogP contribution in [0.1, 0.15) is 25.5 Å². The largest absolute Gasteiger partial charge is 0.503 e. The summed E-state index contributed by atoms with van der Waals surface area (Å²) in [5, 5.41) is 15.6. The van der Waals surface area contributed by atoms with Crippen molar-refractivity contribution in [1.29, 1.82) is 0 Å². The van der Waals surface area contributed by atoms with Gasteiger partial charge in [-0.1, -0.05) is 19.9 Å². The Bertz CT molecular complexity index is 1060. The molecule has 0 saturated carbocycles. The number of hydrogen-bond donors (Lipinski definition) is 2. The lowest BCUT2D eigenvalue weighted by atomic mass is 9.92. The minimum Gasteiger partial charge on any atom is -0.503 e. The van der Waals surface area contributed by atoms with Gasteiger partial charge in [-0.05, 0) is 35.9 Å². The van der Waals surface area contributed by atoms with Crippen molar-refractivity contribution in [1.82, 2.24) is 4.98 Å². The molecule has 146 valence electrons. The number of sulfonamides is 1. The SMILES string of the molecule is CC(C)C(=O)C1=C(O)C(=O)N(c2ccc(S(N)(=O)=O)cc2)C1c1cccnc1. The first kappa shape index (κ1) is 19.7. The third-order valence-electron chi connectivity index (χ3n) is 4.44. The molecule has 3 rings (SSSR count). The molecular formula is C19H19N3O5S. The molecule has 9 heteroatoms. The molecule has 28 heavy (non-hydrogen) atoms. The van der Waals surface area contributed by atoms with E-state index in [0.717, 1.165) is 0 Å². The van der Waals surface area contributed by atoms with E-state index < -0.39 is 33.6 Å². The standard InChI is InChI=1S/C19H19N3O5S/c1-11(2)17(23)15-16(12-4-3-9-21-10-12)22(19(25)18(15)24)13-5-7-14(8-6-13)28(20,26)27/h3-11,16,24H,1-2H3,(H2,20,26,27). The van der Waals surface area contributed by atoms with E-state index in [0.29, 0.717) is 11.3 Å². The predicted molar refractivity (Wildman–Crippen MR) is 102 cm³/mol. The van der Waals surface area contributed by atoms with Crippen LogP contribution in [-0.2, 0) is 19.6 Å². The molecular weight excluding hydrogens is 382 g/mol. The van der Waals surface area contributed by atoms with E-state index in [2.05, 4.69) is 4.98 Å². The van der Waals surface area contributed by atoms with Crippen LogP contribution in [0.2, 0.25) is 0 Å². The number of nitrogens with two attached hydrogens (primary N) is 1. The summed E-state index contributed by atoms with van der Waals surface area (Å²) in [6.07, 6.45) is 3.06. The highest BCUT2D eigenvalue weighted by molar-refractivity contribution is 7.89. The Morgan fingerprint density at radius 3 is 2.36 bits per heavy atom. The highest BCUT2D eigenvalue weighted by Gasteiger charge is 2.44. The van der Waals surface area contributed by atoms with Crippen LogP contribution in [0.5, 0.6) is 0 Å². The average Bonchev–Trinajstić information content (AvgIpc) is 2.92. The first-order valence-corrected chi connectivity index (χ1v) is 10.0. The fourth-order valence-electron chi connectivity index (χ4n) is 3.08. The van der Waals surface area contributed by atoms with Gasteiger partial charge in [-0.2, -0.15) is 0 Å². The summed E-state index contributed by atoms with van der Waals surface area (Å²) in [7, 11) is -3.90. The van der Waals surface area contributed by atoms with E-state index in [9.17, 15) is 23.1 Å². The normalized spacial score (nSPS) is 17.5. The van der Waals surface area contributed by atoms with Crippen molar-refractivity contribution >= 4 is 27.4 Å². The van der Waals surface area contributed by atoms with Gasteiger partial charge < -0.3 is 5.11 Å². The lowest BCUT2D eigenvalue weighted by Gasteiger charge is -2.27. The van der Waals surface area contributed by atoms with Crippen LogP contribution in [0.3, 0.4) is 0 Å². The van der Waals surface area contributed by atoms with Crippen molar-refractivity contribution in [3.63, 3.8) is 0 Å². The molecule has 1 amide bonds. The molecule has 0 saturated heterocycles. The number of benzene rings is 1. The quantitative estimate of drug-likeness (QED) is 0.786. The summed E-state index contributed by atoms with van der Waals surface area (Å²) < 4.78 is 23.0. The molecule has 1 aromatic carbocycles. The van der Waals surface area contributed by atoms with Gasteiger partial charge in [-0.3, -0.25) is 19.5 Å². The van der Waals surface area contributed by atoms with Crippen molar-refractivity contribution in [3.8, 4) is 0 Å². The maximum Gasteiger partial charge on any atom is 0.294 e. The van der Waals surface area contributed by atoms with E-state index >= 15 is 0 Å². The van der Waals surface area contributed by atoms with Crippen molar-refractivity contribution in [2.24, 2.45) is 11.1 Å². The zero-order chi connectivity index (χ0) is 20.6. The number of aliphatic hydroxyl groups excluding tert-OH is 1. The first-order chi connectivity index (χ1) is 13.1. The Morgan fingerprint density at radius 1 is 1.21 bits per heavy atom. The number of aliphatic hydroxyl groups is 1. The second-order valence-corrected chi connectivity index (χ2v) is 8.25. The topological polar surface area (TPSA) is 131 Å². The number of hydrogen-bond acceptors (Lipinski definition) is 6. The fourth-order valence-corrected chi connectivity index (χ4v) is 3.60. The molecule has 1 aliphatic heterocycles.